The second kappa shape index (κ2) is 4.99. The van der Waals surface area contributed by atoms with Gasteiger partial charge >= 0.3 is 0 Å². The molecule has 4 heteroatoms. The average Bonchev–Trinajstić information content (AvgIpc) is 3.29. The summed E-state index contributed by atoms with van der Waals surface area (Å²) in [6.07, 6.45) is 6.58. The van der Waals surface area contributed by atoms with Crippen LogP contribution >= 0.6 is 11.8 Å². The Morgan fingerprint density at radius 1 is 1.44 bits per heavy atom. The van der Waals surface area contributed by atoms with Crippen molar-refractivity contribution in [3.63, 3.8) is 0 Å². The van der Waals surface area contributed by atoms with Gasteiger partial charge in [0.2, 0.25) is 0 Å². The smallest absolute Gasteiger partial charge is 0.118 e. The van der Waals surface area contributed by atoms with Crippen molar-refractivity contribution in [1.82, 2.24) is 5.32 Å². The fourth-order valence-electron chi connectivity index (χ4n) is 2.31. The second-order valence-corrected chi connectivity index (χ2v) is 6.33. The summed E-state index contributed by atoms with van der Waals surface area (Å²) in [5, 5.41) is 13.2. The van der Waals surface area contributed by atoms with Crippen LogP contribution in [0.1, 0.15) is 31.4 Å². The van der Waals surface area contributed by atoms with Gasteiger partial charge in [0.05, 0.1) is 18.1 Å². The molecule has 2 saturated carbocycles. The van der Waals surface area contributed by atoms with Crippen molar-refractivity contribution >= 4 is 11.8 Å². The van der Waals surface area contributed by atoms with Gasteiger partial charge in [-0.3, -0.25) is 5.32 Å². The number of nitriles is 1. The Labute approximate surface area is 112 Å². The summed E-state index contributed by atoms with van der Waals surface area (Å²) in [5.41, 5.74) is -0.293. The topological polar surface area (TPSA) is 49.0 Å². The first kappa shape index (κ1) is 12.1. The first-order valence-corrected chi connectivity index (χ1v) is 7.77. The van der Waals surface area contributed by atoms with Crippen LogP contribution < -0.4 is 5.32 Å². The van der Waals surface area contributed by atoms with Crippen LogP contribution in [0, 0.1) is 17.2 Å². The molecule has 96 valence electrons. The Morgan fingerprint density at radius 2 is 2.28 bits per heavy atom. The number of nitrogens with zero attached hydrogens (tertiary/aromatic N) is 1. The molecular formula is C14H18N2OS. The largest absolute Gasteiger partial charge is 0.468 e. The molecular weight excluding hydrogens is 244 g/mol. The van der Waals surface area contributed by atoms with Gasteiger partial charge in [-0.15, -0.1) is 0 Å². The Kier molecular flexibility index (Phi) is 3.36. The molecule has 0 radical (unpaired) electrons. The van der Waals surface area contributed by atoms with Crippen molar-refractivity contribution in [2.75, 3.05) is 5.75 Å². The number of nitrogens with one attached hydrogen (secondary N) is 1. The lowest BCUT2D eigenvalue weighted by atomic mass is 9.97. The monoisotopic (exact) mass is 262 g/mol. The summed E-state index contributed by atoms with van der Waals surface area (Å²) in [4.78, 5) is 0. The molecule has 0 amide bonds. The summed E-state index contributed by atoms with van der Waals surface area (Å²) in [6, 6.07) is 7.06. The van der Waals surface area contributed by atoms with Gasteiger partial charge in [0, 0.05) is 11.8 Å². The van der Waals surface area contributed by atoms with Crippen LogP contribution in [0.5, 0.6) is 0 Å². The molecule has 18 heavy (non-hydrogen) atoms. The third-order valence-electron chi connectivity index (χ3n) is 3.67. The van der Waals surface area contributed by atoms with Gasteiger partial charge in [0.25, 0.3) is 0 Å². The summed E-state index contributed by atoms with van der Waals surface area (Å²) >= 11 is 1.80. The molecule has 0 spiro atoms. The van der Waals surface area contributed by atoms with E-state index < -0.39 is 0 Å². The molecule has 2 aliphatic carbocycles. The highest BCUT2D eigenvalue weighted by Crippen LogP contribution is 2.43. The number of rotatable bonds is 7. The van der Waals surface area contributed by atoms with Gasteiger partial charge in [-0.25, -0.2) is 0 Å². The summed E-state index contributed by atoms with van der Waals surface area (Å²) < 4.78 is 5.33. The van der Waals surface area contributed by atoms with Crippen molar-refractivity contribution in [3.05, 3.63) is 24.2 Å². The highest BCUT2D eigenvalue weighted by Gasteiger charge is 2.48. The molecule has 1 unspecified atom stereocenters. The van der Waals surface area contributed by atoms with E-state index in [1.807, 2.05) is 12.1 Å². The average molecular weight is 262 g/mol. The Hall–Kier alpha value is -0.920. The molecule has 1 N–H and O–H groups in total. The normalized spacial score (nSPS) is 22.4. The zero-order chi connectivity index (χ0) is 12.4. The van der Waals surface area contributed by atoms with E-state index >= 15 is 0 Å². The van der Waals surface area contributed by atoms with E-state index in [4.69, 9.17) is 4.42 Å². The number of hydrogen-bond donors (Lipinski definition) is 1. The fourth-order valence-corrected chi connectivity index (χ4v) is 3.48. The highest BCUT2D eigenvalue weighted by atomic mass is 32.2. The molecule has 1 aromatic rings. The third-order valence-corrected chi connectivity index (χ3v) is 4.82. The fraction of sp³-hybridized carbons (Fsp3) is 0.643. The minimum atomic E-state index is -0.293. The lowest BCUT2D eigenvalue weighted by Crippen LogP contribution is -2.49. The molecule has 3 rings (SSSR count). The number of furan rings is 1. The molecule has 1 heterocycles. The molecule has 0 aliphatic heterocycles. The summed E-state index contributed by atoms with van der Waals surface area (Å²) in [5.74, 6) is 3.28. The first-order chi connectivity index (χ1) is 8.82. The zero-order valence-electron chi connectivity index (χ0n) is 10.4. The van der Waals surface area contributed by atoms with E-state index in [0.717, 1.165) is 17.3 Å². The van der Waals surface area contributed by atoms with Crippen molar-refractivity contribution in [1.29, 1.82) is 5.26 Å². The number of hydrogen-bond acceptors (Lipinski definition) is 4. The van der Waals surface area contributed by atoms with E-state index in [9.17, 15) is 5.26 Å². The van der Waals surface area contributed by atoms with Crippen LogP contribution in [0.3, 0.4) is 0 Å². The van der Waals surface area contributed by atoms with E-state index in [-0.39, 0.29) is 5.54 Å². The van der Waals surface area contributed by atoms with Crippen molar-refractivity contribution < 1.29 is 4.42 Å². The molecule has 2 fully saturated rings. The molecule has 1 atom stereocenters. The van der Waals surface area contributed by atoms with Crippen LogP contribution in [0.2, 0.25) is 0 Å². The molecule has 3 nitrogen and oxygen atoms in total. The Balaban J connectivity index is 1.57. The minimum absolute atomic E-state index is 0.293. The minimum Gasteiger partial charge on any atom is -0.468 e. The molecule has 0 aromatic carbocycles. The first-order valence-electron chi connectivity index (χ1n) is 6.61. The van der Waals surface area contributed by atoms with Gasteiger partial charge in [0.1, 0.15) is 11.3 Å². The quantitative estimate of drug-likeness (QED) is 0.820. The maximum Gasteiger partial charge on any atom is 0.118 e. The number of thioether (sulfide) groups is 1. The maximum absolute atomic E-state index is 9.57. The lowest BCUT2D eigenvalue weighted by molar-refractivity contribution is 0.401. The summed E-state index contributed by atoms with van der Waals surface area (Å²) in [7, 11) is 0. The molecule has 1 aromatic heterocycles. The van der Waals surface area contributed by atoms with Gasteiger partial charge in [0.15, 0.2) is 0 Å². The molecule has 2 aliphatic rings. The summed E-state index contributed by atoms with van der Waals surface area (Å²) in [6.45, 7) is 0. The van der Waals surface area contributed by atoms with E-state index in [1.54, 1.807) is 18.0 Å². The van der Waals surface area contributed by atoms with Crippen LogP contribution in [0.4, 0.5) is 0 Å². The van der Waals surface area contributed by atoms with E-state index in [1.165, 1.54) is 25.7 Å². The van der Waals surface area contributed by atoms with Crippen LogP contribution in [-0.2, 0) is 5.75 Å². The van der Waals surface area contributed by atoms with Crippen molar-refractivity contribution in [2.45, 2.75) is 43.0 Å². The molecule has 0 bridgehead atoms. The predicted octanol–water partition coefficient (Wildman–Crippen LogP) is 2.94. The van der Waals surface area contributed by atoms with Crippen LogP contribution in [0.15, 0.2) is 22.8 Å². The Morgan fingerprint density at radius 3 is 2.83 bits per heavy atom. The highest BCUT2D eigenvalue weighted by molar-refractivity contribution is 7.98. The second-order valence-electron chi connectivity index (χ2n) is 5.35. The van der Waals surface area contributed by atoms with Gasteiger partial charge in [-0.05, 0) is 43.7 Å². The SMILES string of the molecule is N#CC(CSCc1ccco1)(NC1CC1)C1CC1. The van der Waals surface area contributed by atoms with Crippen LogP contribution in [-0.4, -0.2) is 17.3 Å². The maximum atomic E-state index is 9.57. The van der Waals surface area contributed by atoms with Crippen molar-refractivity contribution in [2.24, 2.45) is 5.92 Å². The van der Waals surface area contributed by atoms with Crippen LogP contribution in [0.25, 0.3) is 0 Å². The third kappa shape index (κ3) is 2.73. The standard InChI is InChI=1S/C14H18N2OS/c15-9-14(11-3-4-11,16-12-5-6-12)10-18-8-13-2-1-7-17-13/h1-2,7,11-12,16H,3-6,8,10H2. The van der Waals surface area contributed by atoms with E-state index in [2.05, 4.69) is 11.4 Å². The predicted molar refractivity (Wildman–Crippen MR) is 72.1 cm³/mol. The lowest BCUT2D eigenvalue weighted by Gasteiger charge is -2.27. The van der Waals surface area contributed by atoms with Gasteiger partial charge in [-0.1, -0.05) is 0 Å². The van der Waals surface area contributed by atoms with E-state index in [0.29, 0.717) is 12.0 Å². The van der Waals surface area contributed by atoms with Gasteiger partial charge in [-0.2, -0.15) is 17.0 Å². The zero-order valence-corrected chi connectivity index (χ0v) is 11.2. The van der Waals surface area contributed by atoms with Gasteiger partial charge < -0.3 is 4.42 Å². The molecule has 0 saturated heterocycles. The van der Waals surface area contributed by atoms with Crippen molar-refractivity contribution in [3.8, 4) is 6.07 Å². The Bertz CT molecular complexity index is 431.